The Labute approximate surface area is 155 Å². The van der Waals surface area contributed by atoms with E-state index in [0.717, 1.165) is 49.7 Å². The topological polar surface area (TPSA) is 63.6 Å². The zero-order chi connectivity index (χ0) is 18.8. The third kappa shape index (κ3) is 6.87. The number of benzene rings is 1. The highest BCUT2D eigenvalue weighted by molar-refractivity contribution is 5.90. The van der Waals surface area contributed by atoms with Crippen molar-refractivity contribution in [1.82, 2.24) is 0 Å². The molecule has 1 aromatic carbocycles. The van der Waals surface area contributed by atoms with Crippen molar-refractivity contribution >= 4 is 18.0 Å². The minimum Gasteiger partial charge on any atom is -0.478 e. The molecule has 2 rings (SSSR count). The van der Waals surface area contributed by atoms with E-state index >= 15 is 0 Å². The molecule has 26 heavy (non-hydrogen) atoms. The first kappa shape index (κ1) is 20.0. The van der Waals surface area contributed by atoms with Crippen molar-refractivity contribution in [3.8, 4) is 0 Å². The number of carbonyl (C=O) groups is 2. The number of unbranched alkanes of at least 4 members (excludes halogenated alkanes) is 2. The molecule has 0 atom stereocenters. The van der Waals surface area contributed by atoms with Crippen LogP contribution >= 0.6 is 0 Å². The fraction of sp³-hybridized carbons (Fsp3) is 0.455. The number of carbonyl (C=O) groups excluding carboxylic acids is 1. The molecule has 140 valence electrons. The fourth-order valence-electron chi connectivity index (χ4n) is 3.38. The average Bonchev–Trinajstić information content (AvgIpc) is 2.65. The molecule has 1 N–H and O–H groups in total. The standard InChI is InChI=1S/C22H28O4/c1-2-3-4-5-6-17-9-14-20(15-10-17)26-22(25)19-12-7-18(8-13-19)11-16-21(23)24/h2,7-8,11-13,16-17,20H,1,3-6,9-10,14-15H2,(H,23,24)/b16-11+. The number of carboxylic acids is 1. The summed E-state index contributed by atoms with van der Waals surface area (Å²) in [6, 6.07) is 6.79. The third-order valence-electron chi connectivity index (χ3n) is 4.90. The normalized spacial score (nSPS) is 20.0. The van der Waals surface area contributed by atoms with Gasteiger partial charge in [0.15, 0.2) is 0 Å². The van der Waals surface area contributed by atoms with Gasteiger partial charge in [-0.05, 0) is 68.2 Å². The quantitative estimate of drug-likeness (QED) is 0.284. The van der Waals surface area contributed by atoms with Crippen LogP contribution in [-0.2, 0) is 9.53 Å². The number of hydrogen-bond acceptors (Lipinski definition) is 3. The Morgan fingerprint density at radius 1 is 1.12 bits per heavy atom. The second-order valence-electron chi connectivity index (χ2n) is 6.91. The molecule has 0 amide bonds. The number of aliphatic carboxylic acids is 1. The van der Waals surface area contributed by atoms with Crippen molar-refractivity contribution in [2.24, 2.45) is 5.92 Å². The van der Waals surface area contributed by atoms with Gasteiger partial charge in [-0.15, -0.1) is 6.58 Å². The Morgan fingerprint density at radius 2 is 1.81 bits per heavy atom. The van der Waals surface area contributed by atoms with Gasteiger partial charge in [0.1, 0.15) is 6.10 Å². The van der Waals surface area contributed by atoms with E-state index in [9.17, 15) is 9.59 Å². The van der Waals surface area contributed by atoms with E-state index in [1.165, 1.54) is 25.3 Å². The maximum atomic E-state index is 12.3. The van der Waals surface area contributed by atoms with E-state index in [4.69, 9.17) is 9.84 Å². The Balaban J connectivity index is 1.74. The first-order chi connectivity index (χ1) is 12.6. The highest BCUT2D eigenvalue weighted by atomic mass is 16.5. The van der Waals surface area contributed by atoms with Crippen LogP contribution in [0.2, 0.25) is 0 Å². The summed E-state index contributed by atoms with van der Waals surface area (Å²) in [7, 11) is 0. The van der Waals surface area contributed by atoms with Crippen molar-refractivity contribution < 1.29 is 19.4 Å². The van der Waals surface area contributed by atoms with Crippen molar-refractivity contribution in [3.63, 3.8) is 0 Å². The maximum absolute atomic E-state index is 12.3. The molecule has 4 heteroatoms. The van der Waals surface area contributed by atoms with Crippen molar-refractivity contribution in [1.29, 1.82) is 0 Å². The predicted molar refractivity (Wildman–Crippen MR) is 103 cm³/mol. The lowest BCUT2D eigenvalue weighted by Gasteiger charge is -2.28. The zero-order valence-corrected chi connectivity index (χ0v) is 15.2. The monoisotopic (exact) mass is 356 g/mol. The van der Waals surface area contributed by atoms with Gasteiger partial charge in [-0.2, -0.15) is 0 Å². The van der Waals surface area contributed by atoms with Gasteiger partial charge in [-0.25, -0.2) is 9.59 Å². The van der Waals surface area contributed by atoms with Gasteiger partial charge >= 0.3 is 11.9 Å². The molecule has 0 aromatic heterocycles. The van der Waals surface area contributed by atoms with Crippen LogP contribution in [0.1, 0.15) is 67.3 Å². The molecule has 1 fully saturated rings. The second-order valence-corrected chi connectivity index (χ2v) is 6.91. The molecule has 4 nitrogen and oxygen atoms in total. The predicted octanol–water partition coefficient (Wildman–Crippen LogP) is 5.25. The minimum absolute atomic E-state index is 0.0125. The summed E-state index contributed by atoms with van der Waals surface area (Å²) in [5.41, 5.74) is 1.24. The van der Waals surface area contributed by atoms with Crippen LogP contribution in [0, 0.1) is 5.92 Å². The summed E-state index contributed by atoms with van der Waals surface area (Å²) in [5, 5.41) is 8.63. The molecule has 1 aliphatic rings. The Bertz CT molecular complexity index is 622. The van der Waals surface area contributed by atoms with Gasteiger partial charge in [0.2, 0.25) is 0 Å². The smallest absolute Gasteiger partial charge is 0.338 e. The third-order valence-corrected chi connectivity index (χ3v) is 4.90. The number of carboxylic acid groups (broad SMARTS) is 1. The lowest BCUT2D eigenvalue weighted by atomic mass is 9.84. The van der Waals surface area contributed by atoms with Gasteiger partial charge in [0.05, 0.1) is 5.56 Å². The van der Waals surface area contributed by atoms with Crippen molar-refractivity contribution in [2.75, 3.05) is 0 Å². The SMILES string of the molecule is C=CCCCCC1CCC(OC(=O)c2ccc(/C=C/C(=O)O)cc2)CC1. The minimum atomic E-state index is -0.996. The van der Waals surface area contributed by atoms with Gasteiger partial charge in [-0.3, -0.25) is 0 Å². The van der Waals surface area contributed by atoms with Crippen LogP contribution in [0.15, 0.2) is 43.0 Å². The first-order valence-corrected chi connectivity index (χ1v) is 9.41. The van der Waals surface area contributed by atoms with Crippen LogP contribution < -0.4 is 0 Å². The number of esters is 1. The highest BCUT2D eigenvalue weighted by Gasteiger charge is 2.24. The summed E-state index contributed by atoms with van der Waals surface area (Å²) in [5.74, 6) is -0.534. The summed E-state index contributed by atoms with van der Waals surface area (Å²) >= 11 is 0. The molecule has 0 radical (unpaired) electrons. The molecule has 0 aliphatic heterocycles. The van der Waals surface area contributed by atoms with Crippen LogP contribution in [0.5, 0.6) is 0 Å². The summed E-state index contributed by atoms with van der Waals surface area (Å²) in [4.78, 5) is 22.8. The lowest BCUT2D eigenvalue weighted by molar-refractivity contribution is -0.131. The van der Waals surface area contributed by atoms with E-state index in [1.807, 2.05) is 6.08 Å². The molecule has 0 heterocycles. The van der Waals surface area contributed by atoms with Gasteiger partial charge in [-0.1, -0.05) is 31.1 Å². The molecular weight excluding hydrogens is 328 g/mol. The second kappa shape index (κ2) is 10.6. The molecule has 1 saturated carbocycles. The maximum Gasteiger partial charge on any atom is 0.338 e. The van der Waals surface area contributed by atoms with Gasteiger partial charge in [0, 0.05) is 6.08 Å². The first-order valence-electron chi connectivity index (χ1n) is 9.41. The van der Waals surface area contributed by atoms with Gasteiger partial charge in [0.25, 0.3) is 0 Å². The van der Waals surface area contributed by atoms with E-state index in [1.54, 1.807) is 24.3 Å². The van der Waals surface area contributed by atoms with E-state index < -0.39 is 5.97 Å². The molecule has 1 aliphatic carbocycles. The molecular formula is C22H28O4. The summed E-state index contributed by atoms with van der Waals surface area (Å²) in [6.45, 7) is 3.75. The highest BCUT2D eigenvalue weighted by Crippen LogP contribution is 2.30. The van der Waals surface area contributed by atoms with Crippen LogP contribution in [0.4, 0.5) is 0 Å². The van der Waals surface area contributed by atoms with Crippen molar-refractivity contribution in [3.05, 3.63) is 54.1 Å². The van der Waals surface area contributed by atoms with E-state index in [-0.39, 0.29) is 12.1 Å². The number of rotatable bonds is 9. The fourth-order valence-corrected chi connectivity index (χ4v) is 3.38. The molecule has 0 unspecified atom stereocenters. The molecule has 0 bridgehead atoms. The zero-order valence-electron chi connectivity index (χ0n) is 15.2. The Kier molecular flexibility index (Phi) is 8.13. The Hall–Kier alpha value is -2.36. The number of allylic oxidation sites excluding steroid dienone is 1. The summed E-state index contributed by atoms with van der Waals surface area (Å²) < 4.78 is 5.64. The van der Waals surface area contributed by atoms with Crippen LogP contribution in [0.25, 0.3) is 6.08 Å². The molecule has 1 aromatic rings. The van der Waals surface area contributed by atoms with Crippen LogP contribution in [0.3, 0.4) is 0 Å². The largest absolute Gasteiger partial charge is 0.478 e. The summed E-state index contributed by atoms with van der Waals surface area (Å²) in [6.07, 6.45) is 13.5. The number of hydrogen-bond donors (Lipinski definition) is 1. The van der Waals surface area contributed by atoms with E-state index in [2.05, 4.69) is 6.58 Å². The average molecular weight is 356 g/mol. The number of ether oxygens (including phenoxy) is 1. The Morgan fingerprint density at radius 3 is 2.42 bits per heavy atom. The van der Waals surface area contributed by atoms with Crippen molar-refractivity contribution in [2.45, 2.75) is 57.5 Å². The molecule has 0 saturated heterocycles. The molecule has 0 spiro atoms. The lowest BCUT2D eigenvalue weighted by Crippen LogP contribution is -2.24. The van der Waals surface area contributed by atoms with Gasteiger partial charge < -0.3 is 9.84 Å². The van der Waals surface area contributed by atoms with E-state index in [0.29, 0.717) is 5.56 Å². The van der Waals surface area contributed by atoms with Crippen LogP contribution in [-0.4, -0.2) is 23.1 Å².